The summed E-state index contributed by atoms with van der Waals surface area (Å²) in [7, 11) is -3.84. The van der Waals surface area contributed by atoms with E-state index in [9.17, 15) is 18.0 Å². The second-order valence-electron chi connectivity index (χ2n) is 4.79. The van der Waals surface area contributed by atoms with Crippen molar-refractivity contribution in [2.45, 2.75) is 18.7 Å². The Morgan fingerprint density at radius 3 is 2.50 bits per heavy atom. The van der Waals surface area contributed by atoms with E-state index in [4.69, 9.17) is 5.11 Å². The van der Waals surface area contributed by atoms with Crippen molar-refractivity contribution in [1.29, 1.82) is 0 Å². The van der Waals surface area contributed by atoms with Crippen LogP contribution in [0.15, 0.2) is 29.2 Å². The Balaban J connectivity index is 2.86. The zero-order valence-corrected chi connectivity index (χ0v) is 12.1. The molecular weight excluding hydrogens is 282 g/mol. The molecule has 1 rings (SSSR count). The highest BCUT2D eigenvalue weighted by Crippen LogP contribution is 2.13. The first-order chi connectivity index (χ1) is 9.22. The molecule has 1 amide bonds. The van der Waals surface area contributed by atoms with Crippen LogP contribution in [0, 0.1) is 5.92 Å². The molecule has 0 aliphatic rings. The van der Waals surface area contributed by atoms with Crippen molar-refractivity contribution in [3.63, 3.8) is 0 Å². The standard InChI is InChI=1S/C13H17NO5S/c1-9(2)7-14-12(15)8-20(18,19)11-5-3-4-10(6-11)13(16)17/h3-6,9H,7-8H2,1-2H3,(H,14,15)(H,16,17). The zero-order chi connectivity index (χ0) is 15.3. The maximum absolute atomic E-state index is 12.0. The molecule has 0 saturated carbocycles. The van der Waals surface area contributed by atoms with Gasteiger partial charge in [0.1, 0.15) is 5.75 Å². The average Bonchev–Trinajstić information content (AvgIpc) is 2.36. The van der Waals surface area contributed by atoms with E-state index in [-0.39, 0.29) is 16.4 Å². The minimum absolute atomic E-state index is 0.131. The number of carbonyl (C=O) groups excluding carboxylic acids is 1. The fourth-order valence-corrected chi connectivity index (χ4v) is 2.65. The van der Waals surface area contributed by atoms with E-state index in [1.807, 2.05) is 13.8 Å². The van der Waals surface area contributed by atoms with Gasteiger partial charge in [-0.1, -0.05) is 19.9 Å². The van der Waals surface area contributed by atoms with Gasteiger partial charge in [-0.25, -0.2) is 13.2 Å². The number of sulfone groups is 1. The van der Waals surface area contributed by atoms with Crippen molar-refractivity contribution < 1.29 is 23.1 Å². The molecule has 0 aliphatic carbocycles. The number of carboxylic acid groups (broad SMARTS) is 1. The number of hydrogen-bond acceptors (Lipinski definition) is 4. The second kappa shape index (κ2) is 6.51. The number of nitrogens with one attached hydrogen (secondary N) is 1. The molecule has 2 N–H and O–H groups in total. The monoisotopic (exact) mass is 299 g/mol. The van der Waals surface area contributed by atoms with Gasteiger partial charge >= 0.3 is 5.97 Å². The average molecular weight is 299 g/mol. The van der Waals surface area contributed by atoms with Crippen molar-refractivity contribution in [3.8, 4) is 0 Å². The van der Waals surface area contributed by atoms with Crippen LogP contribution < -0.4 is 5.32 Å². The Morgan fingerprint density at radius 1 is 1.30 bits per heavy atom. The van der Waals surface area contributed by atoms with E-state index >= 15 is 0 Å². The highest BCUT2D eigenvalue weighted by molar-refractivity contribution is 7.92. The lowest BCUT2D eigenvalue weighted by atomic mass is 10.2. The van der Waals surface area contributed by atoms with E-state index in [2.05, 4.69) is 5.32 Å². The topological polar surface area (TPSA) is 101 Å². The van der Waals surface area contributed by atoms with Crippen molar-refractivity contribution >= 4 is 21.7 Å². The van der Waals surface area contributed by atoms with Gasteiger partial charge in [0.05, 0.1) is 10.5 Å². The highest BCUT2D eigenvalue weighted by atomic mass is 32.2. The highest BCUT2D eigenvalue weighted by Gasteiger charge is 2.20. The Kier molecular flexibility index (Phi) is 5.26. The third-order valence-electron chi connectivity index (χ3n) is 2.47. The van der Waals surface area contributed by atoms with E-state index in [1.54, 1.807) is 0 Å². The Hall–Kier alpha value is -1.89. The lowest BCUT2D eigenvalue weighted by Gasteiger charge is -2.08. The van der Waals surface area contributed by atoms with Crippen LogP contribution in [-0.2, 0) is 14.6 Å². The summed E-state index contributed by atoms with van der Waals surface area (Å²) in [5.41, 5.74) is -0.131. The van der Waals surface area contributed by atoms with Gasteiger partial charge in [-0.3, -0.25) is 4.79 Å². The van der Waals surface area contributed by atoms with Crippen LogP contribution in [0.25, 0.3) is 0 Å². The first-order valence-electron chi connectivity index (χ1n) is 6.05. The van der Waals surface area contributed by atoms with Crippen LogP contribution in [-0.4, -0.2) is 37.7 Å². The maximum Gasteiger partial charge on any atom is 0.335 e. The van der Waals surface area contributed by atoms with Crippen LogP contribution >= 0.6 is 0 Å². The molecule has 0 aliphatic heterocycles. The van der Waals surface area contributed by atoms with E-state index in [1.165, 1.54) is 18.2 Å². The van der Waals surface area contributed by atoms with Crippen molar-refractivity contribution in [3.05, 3.63) is 29.8 Å². The summed E-state index contributed by atoms with van der Waals surface area (Å²) < 4.78 is 24.0. The van der Waals surface area contributed by atoms with Crippen LogP contribution in [0.5, 0.6) is 0 Å². The number of carboxylic acids is 1. The van der Waals surface area contributed by atoms with Crippen LogP contribution in [0.4, 0.5) is 0 Å². The molecule has 20 heavy (non-hydrogen) atoms. The largest absolute Gasteiger partial charge is 0.478 e. The normalized spacial score (nSPS) is 11.3. The fourth-order valence-electron chi connectivity index (χ4n) is 1.45. The lowest BCUT2D eigenvalue weighted by molar-refractivity contribution is -0.118. The number of benzene rings is 1. The SMILES string of the molecule is CC(C)CNC(=O)CS(=O)(=O)c1cccc(C(=O)O)c1. The van der Waals surface area contributed by atoms with Crippen molar-refractivity contribution in [2.24, 2.45) is 5.92 Å². The summed E-state index contributed by atoms with van der Waals surface area (Å²) in [6.45, 7) is 4.18. The number of carbonyl (C=O) groups is 2. The molecule has 0 aromatic heterocycles. The molecule has 7 heteroatoms. The van der Waals surface area contributed by atoms with E-state index < -0.39 is 27.5 Å². The second-order valence-corrected chi connectivity index (χ2v) is 6.78. The molecule has 1 aromatic carbocycles. The Labute approximate surface area is 117 Å². The molecular formula is C13H17NO5S. The predicted molar refractivity (Wildman–Crippen MR) is 73.3 cm³/mol. The molecule has 0 bridgehead atoms. The summed E-state index contributed by atoms with van der Waals surface area (Å²) in [5, 5.41) is 11.3. The minimum Gasteiger partial charge on any atom is -0.478 e. The van der Waals surface area contributed by atoms with Crippen LogP contribution in [0.3, 0.4) is 0 Å². The van der Waals surface area contributed by atoms with E-state index in [0.29, 0.717) is 6.54 Å². The molecule has 0 fully saturated rings. The summed E-state index contributed by atoms with van der Waals surface area (Å²) in [4.78, 5) is 22.2. The van der Waals surface area contributed by atoms with Gasteiger partial charge in [-0.05, 0) is 24.1 Å². The fraction of sp³-hybridized carbons (Fsp3) is 0.385. The predicted octanol–water partition coefficient (Wildman–Crippen LogP) is 0.931. The molecule has 1 aromatic rings. The van der Waals surface area contributed by atoms with Gasteiger partial charge in [-0.15, -0.1) is 0 Å². The first-order valence-corrected chi connectivity index (χ1v) is 7.70. The van der Waals surface area contributed by atoms with Crippen molar-refractivity contribution in [1.82, 2.24) is 5.32 Å². The number of amides is 1. The molecule has 0 spiro atoms. The van der Waals surface area contributed by atoms with Gasteiger partial charge in [0.25, 0.3) is 0 Å². The summed E-state index contributed by atoms with van der Waals surface area (Å²) in [6.07, 6.45) is 0. The quantitative estimate of drug-likeness (QED) is 0.814. The summed E-state index contributed by atoms with van der Waals surface area (Å²) >= 11 is 0. The van der Waals surface area contributed by atoms with Gasteiger partial charge < -0.3 is 10.4 Å². The Bertz CT molecular complexity index is 607. The summed E-state index contributed by atoms with van der Waals surface area (Å²) in [6, 6.07) is 4.95. The molecule has 0 saturated heterocycles. The molecule has 110 valence electrons. The number of hydrogen-bond donors (Lipinski definition) is 2. The third-order valence-corrected chi connectivity index (χ3v) is 4.08. The maximum atomic E-state index is 12.0. The van der Waals surface area contributed by atoms with Crippen LogP contribution in [0.1, 0.15) is 24.2 Å². The van der Waals surface area contributed by atoms with Crippen LogP contribution in [0.2, 0.25) is 0 Å². The lowest BCUT2D eigenvalue weighted by Crippen LogP contribution is -2.32. The van der Waals surface area contributed by atoms with Gasteiger partial charge in [0.2, 0.25) is 5.91 Å². The minimum atomic E-state index is -3.84. The summed E-state index contributed by atoms with van der Waals surface area (Å²) in [5.74, 6) is -2.29. The third kappa shape index (κ3) is 4.65. The van der Waals surface area contributed by atoms with Gasteiger partial charge in [0, 0.05) is 6.54 Å². The molecule has 0 atom stereocenters. The Morgan fingerprint density at radius 2 is 1.95 bits per heavy atom. The van der Waals surface area contributed by atoms with Crippen molar-refractivity contribution in [2.75, 3.05) is 12.3 Å². The molecule has 0 unspecified atom stereocenters. The first kappa shape index (κ1) is 16.2. The van der Waals surface area contributed by atoms with E-state index in [0.717, 1.165) is 6.07 Å². The zero-order valence-electron chi connectivity index (χ0n) is 11.3. The number of rotatable bonds is 6. The van der Waals surface area contributed by atoms with Gasteiger partial charge in [-0.2, -0.15) is 0 Å². The molecule has 6 nitrogen and oxygen atoms in total. The molecule has 0 radical (unpaired) electrons. The number of aromatic carboxylic acids is 1. The molecule has 0 heterocycles. The van der Waals surface area contributed by atoms with Gasteiger partial charge in [0.15, 0.2) is 9.84 Å². The smallest absolute Gasteiger partial charge is 0.335 e.